The molecule has 0 N–H and O–H groups in total. The summed E-state index contributed by atoms with van der Waals surface area (Å²) in [6.45, 7) is 8.15. The number of likely N-dealkylation sites (tertiary alicyclic amines) is 1. The maximum atomic E-state index is 14.6. The lowest BCUT2D eigenvalue weighted by Gasteiger charge is -2.36. The van der Waals surface area contributed by atoms with Gasteiger partial charge in [0.25, 0.3) is 5.91 Å². The van der Waals surface area contributed by atoms with E-state index in [0.29, 0.717) is 23.8 Å². The standard InChI is InChI=1S/C23H30F2N4O2S2/c1-5-33(4)20-13-16(24)19(12-17(20)25)31-18-8-11-29(22(18)30)15-6-9-28(10-7-15)23-26-21(14(2)3)27-32-23/h5,12-15,18H,6-11H2,1-4H3/t18-,33?/m0/s1. The van der Waals surface area contributed by atoms with E-state index in [-0.39, 0.29) is 17.7 Å². The van der Waals surface area contributed by atoms with Crippen LogP contribution in [0, 0.1) is 11.6 Å². The average molecular weight is 497 g/mol. The molecule has 1 unspecified atom stereocenters. The lowest BCUT2D eigenvalue weighted by Crippen LogP contribution is -2.47. The number of anilines is 1. The van der Waals surface area contributed by atoms with Gasteiger partial charge in [-0.25, -0.2) is 13.8 Å². The smallest absolute Gasteiger partial charge is 0.263 e. The molecule has 33 heavy (non-hydrogen) atoms. The van der Waals surface area contributed by atoms with Crippen LogP contribution in [0.25, 0.3) is 0 Å². The molecule has 0 radical (unpaired) electrons. The van der Waals surface area contributed by atoms with Gasteiger partial charge < -0.3 is 14.5 Å². The van der Waals surface area contributed by atoms with E-state index in [1.54, 1.807) is 0 Å². The molecule has 1 amide bonds. The molecule has 0 bridgehead atoms. The number of benzene rings is 1. The quantitative estimate of drug-likeness (QED) is 0.544. The predicted octanol–water partition coefficient (Wildman–Crippen LogP) is 4.67. The van der Waals surface area contributed by atoms with E-state index in [2.05, 4.69) is 28.1 Å². The minimum atomic E-state index is -0.780. The maximum Gasteiger partial charge on any atom is 0.263 e. The number of rotatable bonds is 6. The molecular formula is C23H30F2N4O2S2. The highest BCUT2D eigenvalue weighted by molar-refractivity contribution is 8.14. The Bertz CT molecular complexity index is 1050. The highest BCUT2D eigenvalue weighted by Crippen LogP contribution is 2.33. The molecule has 2 fully saturated rings. The van der Waals surface area contributed by atoms with E-state index in [9.17, 15) is 13.6 Å². The summed E-state index contributed by atoms with van der Waals surface area (Å²) in [5, 5.41) is 2.76. The van der Waals surface area contributed by atoms with Gasteiger partial charge in [-0.05, 0) is 32.1 Å². The number of aromatic nitrogens is 2. The van der Waals surface area contributed by atoms with Crippen molar-refractivity contribution < 1.29 is 18.3 Å². The number of carbonyl (C=O) groups is 1. The summed E-state index contributed by atoms with van der Waals surface area (Å²) >= 11 is 1.42. The SMILES string of the molecule is C/C=S(/C)c1cc(F)c(O[C@H]2CCN(C3CCN(c4nc(C(C)C)ns4)CC3)C2=O)cc1F. The molecule has 3 heterocycles. The van der Waals surface area contributed by atoms with Crippen LogP contribution in [0.5, 0.6) is 5.75 Å². The Labute approximate surface area is 200 Å². The van der Waals surface area contributed by atoms with Gasteiger partial charge in [-0.1, -0.05) is 19.2 Å². The first-order chi connectivity index (χ1) is 15.8. The van der Waals surface area contributed by atoms with Gasteiger partial charge in [0.1, 0.15) is 11.6 Å². The van der Waals surface area contributed by atoms with Crippen LogP contribution in [-0.4, -0.2) is 63.6 Å². The summed E-state index contributed by atoms with van der Waals surface area (Å²) in [5.41, 5.74) is 0. The molecule has 180 valence electrons. The van der Waals surface area contributed by atoms with Gasteiger partial charge in [-0.2, -0.15) is 14.9 Å². The highest BCUT2D eigenvalue weighted by atomic mass is 32.2. The van der Waals surface area contributed by atoms with Gasteiger partial charge in [0, 0.05) is 60.5 Å². The van der Waals surface area contributed by atoms with Crippen LogP contribution < -0.4 is 9.64 Å². The van der Waals surface area contributed by atoms with Crippen molar-refractivity contribution in [2.24, 2.45) is 0 Å². The first-order valence-electron chi connectivity index (χ1n) is 11.3. The van der Waals surface area contributed by atoms with E-state index in [1.807, 2.05) is 23.4 Å². The van der Waals surface area contributed by atoms with Crippen molar-refractivity contribution in [1.29, 1.82) is 0 Å². The van der Waals surface area contributed by atoms with Crippen molar-refractivity contribution in [2.45, 2.75) is 63.0 Å². The van der Waals surface area contributed by atoms with Gasteiger partial charge in [0.15, 0.2) is 17.7 Å². The Balaban J connectivity index is 1.36. The summed E-state index contributed by atoms with van der Waals surface area (Å²) in [4.78, 5) is 22.0. The second-order valence-electron chi connectivity index (χ2n) is 8.74. The Kier molecular flexibility index (Phi) is 7.33. The van der Waals surface area contributed by atoms with Crippen molar-refractivity contribution in [3.8, 4) is 5.75 Å². The average Bonchev–Trinajstić information content (AvgIpc) is 3.43. The molecule has 0 spiro atoms. The number of nitrogens with zero attached hydrogens (tertiary/aromatic N) is 4. The van der Waals surface area contributed by atoms with Gasteiger partial charge in [-0.3, -0.25) is 4.79 Å². The lowest BCUT2D eigenvalue weighted by molar-refractivity contribution is -0.135. The largest absolute Gasteiger partial charge is 0.477 e. The van der Waals surface area contributed by atoms with E-state index in [1.165, 1.54) is 17.6 Å². The Hall–Kier alpha value is -2.07. The molecule has 2 aliphatic heterocycles. The van der Waals surface area contributed by atoms with Crippen LogP contribution in [0.2, 0.25) is 0 Å². The molecule has 2 aliphatic rings. The van der Waals surface area contributed by atoms with Crippen LogP contribution in [0.1, 0.15) is 51.8 Å². The van der Waals surface area contributed by atoms with Crippen LogP contribution in [0.3, 0.4) is 0 Å². The molecule has 1 aromatic carbocycles. The lowest BCUT2D eigenvalue weighted by atomic mass is 10.0. The fraction of sp³-hybridized carbons (Fsp3) is 0.565. The zero-order chi connectivity index (χ0) is 23.7. The molecule has 6 nitrogen and oxygen atoms in total. The van der Waals surface area contributed by atoms with Crippen LogP contribution >= 0.6 is 22.0 Å². The zero-order valence-corrected chi connectivity index (χ0v) is 21.0. The first-order valence-corrected chi connectivity index (χ1v) is 13.7. The molecular weight excluding hydrogens is 466 g/mol. The third kappa shape index (κ3) is 5.06. The Morgan fingerprint density at radius 1 is 1.18 bits per heavy atom. The summed E-state index contributed by atoms with van der Waals surface area (Å²) in [5.74, 6) is -0.322. The summed E-state index contributed by atoms with van der Waals surface area (Å²) < 4.78 is 39.1. The molecule has 4 rings (SSSR count). The third-order valence-electron chi connectivity index (χ3n) is 6.27. The molecule has 0 aliphatic carbocycles. The van der Waals surface area contributed by atoms with Crippen LogP contribution in [0.15, 0.2) is 17.0 Å². The minimum absolute atomic E-state index is 0.117. The normalized spacial score (nSPS) is 20.8. The summed E-state index contributed by atoms with van der Waals surface area (Å²) in [6, 6.07) is 2.37. The number of hydrogen-bond acceptors (Lipinski definition) is 6. The van der Waals surface area contributed by atoms with Crippen LogP contribution in [0.4, 0.5) is 13.9 Å². The maximum absolute atomic E-state index is 14.6. The number of hydrogen-bond donors (Lipinski definition) is 0. The zero-order valence-electron chi connectivity index (χ0n) is 19.4. The number of piperidine rings is 1. The van der Waals surface area contributed by atoms with E-state index in [4.69, 9.17) is 4.74 Å². The Morgan fingerprint density at radius 2 is 1.91 bits per heavy atom. The summed E-state index contributed by atoms with van der Waals surface area (Å²) in [7, 11) is -0.491. The first kappa shape index (κ1) is 24.1. The van der Waals surface area contributed by atoms with Gasteiger partial charge in [0.2, 0.25) is 5.13 Å². The third-order valence-corrected chi connectivity index (χ3v) is 8.77. The second kappa shape index (κ2) is 10.0. The fourth-order valence-corrected chi connectivity index (χ4v) is 6.00. The van der Waals surface area contributed by atoms with Crippen molar-refractivity contribution in [1.82, 2.24) is 14.3 Å². The van der Waals surface area contributed by atoms with Gasteiger partial charge >= 0.3 is 0 Å². The molecule has 1 aromatic heterocycles. The monoisotopic (exact) mass is 496 g/mol. The van der Waals surface area contributed by atoms with Gasteiger partial charge in [0.05, 0.1) is 0 Å². The number of ether oxygens (including phenoxy) is 1. The predicted molar refractivity (Wildman–Crippen MR) is 130 cm³/mol. The topological polar surface area (TPSA) is 58.6 Å². The van der Waals surface area contributed by atoms with Crippen LogP contribution in [-0.2, 0) is 4.79 Å². The molecule has 2 atom stereocenters. The van der Waals surface area contributed by atoms with Gasteiger partial charge in [-0.15, -0.1) is 0 Å². The molecule has 0 saturated carbocycles. The number of halogens is 2. The Morgan fingerprint density at radius 3 is 2.55 bits per heavy atom. The molecule has 2 saturated heterocycles. The summed E-state index contributed by atoms with van der Waals surface area (Å²) in [6.07, 6.45) is 3.18. The van der Waals surface area contributed by atoms with Crippen molar-refractivity contribution >= 4 is 38.4 Å². The fourth-order valence-electron chi connectivity index (χ4n) is 4.23. The molecule has 2 aromatic rings. The van der Waals surface area contributed by atoms with Crippen molar-refractivity contribution in [2.75, 3.05) is 30.8 Å². The number of amides is 1. The van der Waals surface area contributed by atoms with Crippen molar-refractivity contribution in [3.63, 3.8) is 0 Å². The van der Waals surface area contributed by atoms with E-state index >= 15 is 0 Å². The molecule has 10 heteroatoms. The van der Waals surface area contributed by atoms with Crippen molar-refractivity contribution in [3.05, 3.63) is 29.6 Å². The highest BCUT2D eigenvalue weighted by Gasteiger charge is 2.39. The number of carbonyl (C=O) groups excluding carboxylic acids is 1. The minimum Gasteiger partial charge on any atom is -0.477 e. The van der Waals surface area contributed by atoms with E-state index < -0.39 is 28.2 Å². The van der Waals surface area contributed by atoms with E-state index in [0.717, 1.165) is 43.0 Å². The second-order valence-corrected chi connectivity index (χ2v) is 11.5.